The van der Waals surface area contributed by atoms with Crippen LogP contribution in [0.1, 0.15) is 11.1 Å². The summed E-state index contributed by atoms with van der Waals surface area (Å²) in [6.07, 6.45) is -0.988. The van der Waals surface area contributed by atoms with E-state index in [4.69, 9.17) is 9.47 Å². The van der Waals surface area contributed by atoms with E-state index in [2.05, 4.69) is 0 Å². The molecule has 31 heavy (non-hydrogen) atoms. The number of anilines is 2. The molecule has 6 nitrogen and oxygen atoms in total. The molecule has 4 rings (SSSR count). The Bertz CT molecular complexity index is 905. The number of hydrogen-bond donors (Lipinski definition) is 0. The fraction of sp³-hybridized carbons (Fsp3) is 0.391. The van der Waals surface area contributed by atoms with Crippen LogP contribution in [0.15, 0.2) is 48.5 Å². The number of alkyl halides is 2. The number of esters is 1. The molecular weight excluding hydrogens is 406 g/mol. The predicted molar refractivity (Wildman–Crippen MR) is 111 cm³/mol. The lowest BCUT2D eigenvalue weighted by molar-refractivity contribution is -0.159. The molecule has 164 valence electrons. The molecule has 2 heterocycles. The number of halogens is 2. The Morgan fingerprint density at radius 3 is 2.26 bits per heavy atom. The maximum absolute atomic E-state index is 13.2. The Labute approximate surface area is 179 Å². The number of rotatable bonds is 5. The van der Waals surface area contributed by atoms with Crippen LogP contribution in [0, 0.1) is 0 Å². The summed E-state index contributed by atoms with van der Waals surface area (Å²) in [4.78, 5) is 28.7. The first-order chi connectivity index (χ1) is 15.0. The molecule has 0 N–H and O–H groups in total. The highest BCUT2D eigenvalue weighted by molar-refractivity contribution is 6.03. The molecule has 0 bridgehead atoms. The van der Waals surface area contributed by atoms with Crippen LogP contribution in [0.2, 0.25) is 0 Å². The smallest absolute Gasteiger partial charge is 0.326 e. The van der Waals surface area contributed by atoms with Gasteiger partial charge in [-0.05, 0) is 36.1 Å². The van der Waals surface area contributed by atoms with Gasteiger partial charge in [0.05, 0.1) is 31.1 Å². The van der Waals surface area contributed by atoms with E-state index >= 15 is 0 Å². The number of carbonyl (C=O) groups is 2. The van der Waals surface area contributed by atoms with E-state index in [1.807, 2.05) is 48.5 Å². The van der Waals surface area contributed by atoms with E-state index in [1.54, 1.807) is 4.90 Å². The van der Waals surface area contributed by atoms with Crippen molar-refractivity contribution < 1.29 is 27.8 Å². The number of carbonyl (C=O) groups excluding carboxylic acids is 2. The van der Waals surface area contributed by atoms with Gasteiger partial charge < -0.3 is 9.47 Å². The summed E-state index contributed by atoms with van der Waals surface area (Å²) in [6, 6.07) is 14.3. The maximum Gasteiger partial charge on any atom is 0.326 e. The molecule has 1 atom stereocenters. The molecule has 2 aromatic carbocycles. The zero-order valence-electron chi connectivity index (χ0n) is 17.0. The van der Waals surface area contributed by atoms with Crippen LogP contribution in [-0.4, -0.2) is 62.2 Å². The van der Waals surface area contributed by atoms with Crippen molar-refractivity contribution in [3.8, 4) is 0 Å². The Morgan fingerprint density at radius 1 is 1.03 bits per heavy atom. The summed E-state index contributed by atoms with van der Waals surface area (Å²) in [5.41, 5.74) is 3.58. The van der Waals surface area contributed by atoms with Crippen LogP contribution in [0.5, 0.6) is 0 Å². The summed E-state index contributed by atoms with van der Waals surface area (Å²) in [6.45, 7) is -0.568. The SMILES string of the molecule is O=C(OCC(=O)N1c2ccccc2CCc2ccccc21)C1COCCN1CC(F)F. The van der Waals surface area contributed by atoms with Gasteiger partial charge in [0.25, 0.3) is 12.3 Å². The van der Waals surface area contributed by atoms with Gasteiger partial charge in [-0.2, -0.15) is 0 Å². The largest absolute Gasteiger partial charge is 0.454 e. The third-order valence-corrected chi connectivity index (χ3v) is 5.60. The maximum atomic E-state index is 13.2. The van der Waals surface area contributed by atoms with Gasteiger partial charge >= 0.3 is 5.97 Å². The third-order valence-electron chi connectivity index (χ3n) is 5.60. The second kappa shape index (κ2) is 9.53. The molecule has 0 saturated carbocycles. The van der Waals surface area contributed by atoms with Crippen molar-refractivity contribution in [3.05, 3.63) is 59.7 Å². The molecule has 2 aliphatic rings. The lowest BCUT2D eigenvalue weighted by Gasteiger charge is -2.33. The Balaban J connectivity index is 1.51. The molecule has 2 aromatic rings. The number of benzene rings is 2. The number of para-hydroxylation sites is 2. The standard InChI is InChI=1S/C23H24F2N2O4/c24-21(25)13-26-11-12-30-14-20(26)23(29)31-15-22(28)27-18-7-3-1-5-16(18)9-10-17-6-2-4-8-19(17)27/h1-8,20-21H,9-15H2. The van der Waals surface area contributed by atoms with Gasteiger partial charge in [0, 0.05) is 6.54 Å². The second-order valence-electron chi connectivity index (χ2n) is 7.57. The Kier molecular flexibility index (Phi) is 6.58. The molecule has 1 saturated heterocycles. The number of ether oxygens (including phenoxy) is 2. The molecule has 0 spiro atoms. The average molecular weight is 430 g/mol. The van der Waals surface area contributed by atoms with Crippen LogP contribution in [0.3, 0.4) is 0 Å². The lowest BCUT2D eigenvalue weighted by Crippen LogP contribution is -2.52. The van der Waals surface area contributed by atoms with E-state index in [9.17, 15) is 18.4 Å². The van der Waals surface area contributed by atoms with Gasteiger partial charge in [0.15, 0.2) is 6.61 Å². The van der Waals surface area contributed by atoms with Crippen LogP contribution < -0.4 is 4.90 Å². The molecular formula is C23H24F2N2O4. The van der Waals surface area contributed by atoms with Crippen molar-refractivity contribution in [2.24, 2.45) is 0 Å². The molecule has 0 aliphatic carbocycles. The Morgan fingerprint density at radius 2 is 1.65 bits per heavy atom. The molecule has 1 amide bonds. The summed E-state index contributed by atoms with van der Waals surface area (Å²) in [7, 11) is 0. The normalized spacial score (nSPS) is 18.8. The second-order valence-corrected chi connectivity index (χ2v) is 7.57. The average Bonchev–Trinajstić information content (AvgIpc) is 2.94. The molecule has 1 unspecified atom stereocenters. The van der Waals surface area contributed by atoms with Gasteiger partial charge in [-0.3, -0.25) is 19.4 Å². The number of amides is 1. The van der Waals surface area contributed by atoms with Crippen LogP contribution in [-0.2, 0) is 31.9 Å². The van der Waals surface area contributed by atoms with E-state index in [-0.39, 0.29) is 19.8 Å². The summed E-state index contributed by atoms with van der Waals surface area (Å²) in [5, 5.41) is 0. The molecule has 8 heteroatoms. The van der Waals surface area contributed by atoms with Crippen molar-refractivity contribution in [3.63, 3.8) is 0 Å². The predicted octanol–water partition coefficient (Wildman–Crippen LogP) is 2.96. The zero-order valence-corrected chi connectivity index (χ0v) is 17.0. The minimum Gasteiger partial charge on any atom is -0.454 e. The van der Waals surface area contributed by atoms with Crippen LogP contribution in [0.4, 0.5) is 20.2 Å². The van der Waals surface area contributed by atoms with Crippen LogP contribution >= 0.6 is 0 Å². The summed E-state index contributed by atoms with van der Waals surface area (Å²) in [5.74, 6) is -1.13. The first-order valence-corrected chi connectivity index (χ1v) is 10.3. The monoisotopic (exact) mass is 430 g/mol. The van der Waals surface area contributed by atoms with Gasteiger partial charge in [-0.15, -0.1) is 0 Å². The van der Waals surface area contributed by atoms with Gasteiger partial charge in [-0.25, -0.2) is 8.78 Å². The number of morpholine rings is 1. The molecule has 0 radical (unpaired) electrons. The highest BCUT2D eigenvalue weighted by atomic mass is 19.3. The van der Waals surface area contributed by atoms with Crippen LogP contribution in [0.25, 0.3) is 0 Å². The fourth-order valence-corrected chi connectivity index (χ4v) is 4.09. The van der Waals surface area contributed by atoms with Crippen molar-refractivity contribution in [1.29, 1.82) is 0 Å². The van der Waals surface area contributed by atoms with Gasteiger partial charge in [-0.1, -0.05) is 36.4 Å². The molecule has 1 fully saturated rings. The Hall–Kier alpha value is -2.84. The molecule has 0 aromatic heterocycles. The highest BCUT2D eigenvalue weighted by Crippen LogP contribution is 2.36. The first-order valence-electron chi connectivity index (χ1n) is 10.3. The van der Waals surface area contributed by atoms with E-state index in [1.165, 1.54) is 4.90 Å². The number of hydrogen-bond acceptors (Lipinski definition) is 5. The minimum atomic E-state index is -2.57. The summed E-state index contributed by atoms with van der Waals surface area (Å²) >= 11 is 0. The number of nitrogens with zero attached hydrogens (tertiary/aromatic N) is 2. The van der Waals surface area contributed by atoms with Crippen molar-refractivity contribution >= 4 is 23.3 Å². The fourth-order valence-electron chi connectivity index (χ4n) is 4.09. The van der Waals surface area contributed by atoms with E-state index in [0.717, 1.165) is 35.3 Å². The summed E-state index contributed by atoms with van der Waals surface area (Å²) < 4.78 is 36.2. The van der Waals surface area contributed by atoms with E-state index < -0.39 is 37.5 Å². The first kappa shape index (κ1) is 21.4. The van der Waals surface area contributed by atoms with E-state index in [0.29, 0.717) is 0 Å². The zero-order chi connectivity index (χ0) is 21.8. The number of fused-ring (bicyclic) bond motifs is 2. The third kappa shape index (κ3) is 4.75. The van der Waals surface area contributed by atoms with Crippen molar-refractivity contribution in [1.82, 2.24) is 4.90 Å². The van der Waals surface area contributed by atoms with Gasteiger partial charge in [0.1, 0.15) is 6.04 Å². The van der Waals surface area contributed by atoms with Crippen molar-refractivity contribution in [2.75, 3.05) is 37.8 Å². The number of aryl methyl sites for hydroxylation is 2. The topological polar surface area (TPSA) is 59.1 Å². The highest BCUT2D eigenvalue weighted by Gasteiger charge is 2.33. The lowest BCUT2D eigenvalue weighted by atomic mass is 10.0. The van der Waals surface area contributed by atoms with Gasteiger partial charge in [0.2, 0.25) is 0 Å². The minimum absolute atomic E-state index is 0.0326. The quantitative estimate of drug-likeness (QED) is 0.683. The van der Waals surface area contributed by atoms with Crippen molar-refractivity contribution in [2.45, 2.75) is 25.3 Å². The molecule has 2 aliphatic heterocycles.